The van der Waals surface area contributed by atoms with E-state index in [0.29, 0.717) is 0 Å². The molecule has 0 aliphatic heterocycles. The summed E-state index contributed by atoms with van der Waals surface area (Å²) in [6, 6.07) is 105. The van der Waals surface area contributed by atoms with Gasteiger partial charge in [0, 0.05) is 24.2 Å². The Morgan fingerprint density at radius 3 is 1.07 bits per heavy atom. The van der Waals surface area contributed by atoms with Gasteiger partial charge in [0.05, 0.1) is 0 Å². The molecule has 0 atom stereocenters. The van der Waals surface area contributed by atoms with Crippen molar-refractivity contribution in [2.24, 2.45) is 0 Å². The first-order chi connectivity index (χ1) is 39.1. The summed E-state index contributed by atoms with van der Waals surface area (Å²) in [6.45, 7) is 2.16. The van der Waals surface area contributed by atoms with E-state index in [1.165, 1.54) is 0 Å². The maximum absolute atomic E-state index is 5.04. The van der Waals surface area contributed by atoms with Crippen molar-refractivity contribution in [3.05, 3.63) is 309 Å². The van der Waals surface area contributed by atoms with Crippen molar-refractivity contribution in [3.8, 4) is 134 Å². The zero-order valence-electron chi connectivity index (χ0n) is 43.8. The maximum Gasteiger partial charge on any atom is 3.00 e. The van der Waals surface area contributed by atoms with Gasteiger partial charge in [-0.2, -0.15) is 0 Å². The molecule has 0 fully saturated rings. The molecule has 0 saturated heterocycles. The van der Waals surface area contributed by atoms with E-state index in [2.05, 4.69) is 255 Å². The van der Waals surface area contributed by atoms with Crippen LogP contribution in [0.2, 0.25) is 0 Å². The summed E-state index contributed by atoms with van der Waals surface area (Å²) in [4.78, 5) is 14.4. The summed E-state index contributed by atoms with van der Waals surface area (Å²) in [6.07, 6.45) is 5.66. The Morgan fingerprint density at radius 1 is 0.250 bits per heavy atom. The zero-order chi connectivity index (χ0) is 52.9. The summed E-state index contributed by atoms with van der Waals surface area (Å²) in [5, 5.41) is 0. The van der Waals surface area contributed by atoms with Crippen LogP contribution in [-0.2, 0) is 20.1 Å². The topological polar surface area (TPSA) is 38.7 Å². The van der Waals surface area contributed by atoms with Crippen LogP contribution in [0.15, 0.2) is 286 Å². The quantitative estimate of drug-likeness (QED) is 0.114. The third kappa shape index (κ3) is 10.4. The van der Waals surface area contributed by atoms with Crippen molar-refractivity contribution in [2.75, 3.05) is 0 Å². The first-order valence-electron chi connectivity index (χ1n) is 26.6. The van der Waals surface area contributed by atoms with Crippen LogP contribution in [0.4, 0.5) is 0 Å². The molecule has 0 amide bonds. The van der Waals surface area contributed by atoms with E-state index in [9.17, 15) is 0 Å². The molecule has 0 radical (unpaired) electrons. The second-order valence-corrected chi connectivity index (χ2v) is 19.7. The van der Waals surface area contributed by atoms with Gasteiger partial charge in [0.2, 0.25) is 0 Å². The van der Waals surface area contributed by atoms with Gasteiger partial charge >= 0.3 is 20.1 Å². The summed E-state index contributed by atoms with van der Waals surface area (Å²) in [5.41, 5.74) is 26.5. The van der Waals surface area contributed by atoms with E-state index in [0.717, 1.165) is 139 Å². The minimum absolute atomic E-state index is 0. The third-order valence-electron chi connectivity index (χ3n) is 14.8. The molecule has 0 unspecified atom stereocenters. The largest absolute Gasteiger partial charge is 3.00 e. The molecule has 0 aliphatic rings. The molecule has 3 aromatic heterocycles. The smallest absolute Gasteiger partial charge is 0.305 e. The number of hydrogen-bond acceptors (Lipinski definition) is 3. The molecular formula is C76H50IrN3. The van der Waals surface area contributed by atoms with Crippen LogP contribution >= 0.6 is 0 Å². The van der Waals surface area contributed by atoms with Gasteiger partial charge in [0.25, 0.3) is 0 Å². The molecule has 13 rings (SSSR count). The van der Waals surface area contributed by atoms with E-state index in [1.807, 2.05) is 61.1 Å². The zero-order valence-corrected chi connectivity index (χ0v) is 46.2. The number of rotatable bonds is 12. The summed E-state index contributed by atoms with van der Waals surface area (Å²) < 4.78 is 0. The summed E-state index contributed by atoms with van der Waals surface area (Å²) >= 11 is 0. The molecule has 3 heterocycles. The average Bonchev–Trinajstić information content (AvgIpc) is 3.55. The molecule has 0 aliphatic carbocycles. The fourth-order valence-electron chi connectivity index (χ4n) is 10.9. The molecule has 80 heavy (non-hydrogen) atoms. The van der Waals surface area contributed by atoms with Crippen LogP contribution in [0, 0.1) is 25.1 Å². The first-order valence-corrected chi connectivity index (χ1v) is 26.6. The Balaban J connectivity index is 0.00000637. The molecule has 4 heteroatoms. The van der Waals surface area contributed by atoms with Crippen molar-refractivity contribution in [2.45, 2.75) is 6.92 Å². The molecular weight excluding hydrogens is 1150 g/mol. The Hall–Kier alpha value is -9.70. The van der Waals surface area contributed by atoms with Gasteiger partial charge in [0.1, 0.15) is 0 Å². The molecule has 3 nitrogen and oxygen atoms in total. The number of hydrogen-bond donors (Lipinski definition) is 0. The normalized spacial score (nSPS) is 11.0. The second-order valence-electron chi connectivity index (χ2n) is 19.7. The average molecular weight is 1200 g/mol. The Labute approximate surface area is 482 Å². The molecule has 0 bridgehead atoms. The third-order valence-corrected chi connectivity index (χ3v) is 14.8. The van der Waals surface area contributed by atoms with Crippen LogP contribution in [0.5, 0.6) is 0 Å². The van der Waals surface area contributed by atoms with Crippen LogP contribution in [0.3, 0.4) is 0 Å². The Morgan fingerprint density at radius 2 is 0.637 bits per heavy atom. The SMILES string of the molecule is Cc1cc(-c2[c-]cc(-c3ccccc3-c3cc(-c4ccccc4-c4c[c-]c(-c5ccccn5)cc4)cc(-c4ccccc4-c4c[c-]c(-c5ccccn5)cc4-c4ccccc4)c3)c(-c3ccccc3)c2)ncc1-c1ccccc1.[Ir+3]. The second kappa shape index (κ2) is 23.1. The van der Waals surface area contributed by atoms with Crippen molar-refractivity contribution < 1.29 is 20.1 Å². The Kier molecular flexibility index (Phi) is 14.7. The van der Waals surface area contributed by atoms with Crippen LogP contribution in [-0.4, -0.2) is 15.0 Å². The number of aromatic nitrogens is 3. The van der Waals surface area contributed by atoms with Gasteiger partial charge in [-0.15, -0.1) is 77.4 Å². The van der Waals surface area contributed by atoms with E-state index in [4.69, 9.17) is 9.97 Å². The maximum atomic E-state index is 5.04. The minimum Gasteiger partial charge on any atom is -0.305 e. The fourth-order valence-corrected chi connectivity index (χ4v) is 10.9. The van der Waals surface area contributed by atoms with E-state index < -0.39 is 0 Å². The van der Waals surface area contributed by atoms with Gasteiger partial charge in [-0.1, -0.05) is 239 Å². The molecule has 378 valence electrons. The van der Waals surface area contributed by atoms with Crippen molar-refractivity contribution in [1.29, 1.82) is 0 Å². The van der Waals surface area contributed by atoms with E-state index >= 15 is 0 Å². The number of aryl methyl sites for hydroxylation is 1. The summed E-state index contributed by atoms with van der Waals surface area (Å²) in [5.74, 6) is 0. The van der Waals surface area contributed by atoms with E-state index in [1.54, 1.807) is 0 Å². The monoisotopic (exact) mass is 1200 g/mol. The van der Waals surface area contributed by atoms with Gasteiger partial charge in [0.15, 0.2) is 0 Å². The molecule has 0 spiro atoms. The van der Waals surface area contributed by atoms with Gasteiger partial charge < -0.3 is 15.0 Å². The molecule has 13 aromatic rings. The van der Waals surface area contributed by atoms with Crippen molar-refractivity contribution in [3.63, 3.8) is 0 Å². The number of benzene rings is 10. The Bertz CT molecular complexity index is 4280. The van der Waals surface area contributed by atoms with Crippen LogP contribution in [0.25, 0.3) is 134 Å². The minimum atomic E-state index is 0. The van der Waals surface area contributed by atoms with Gasteiger partial charge in [-0.25, -0.2) is 0 Å². The summed E-state index contributed by atoms with van der Waals surface area (Å²) in [7, 11) is 0. The predicted molar refractivity (Wildman–Crippen MR) is 326 cm³/mol. The van der Waals surface area contributed by atoms with Crippen LogP contribution < -0.4 is 0 Å². The van der Waals surface area contributed by atoms with Gasteiger partial charge in [-0.3, -0.25) is 0 Å². The predicted octanol–water partition coefficient (Wildman–Crippen LogP) is 19.6. The van der Waals surface area contributed by atoms with Crippen molar-refractivity contribution in [1.82, 2.24) is 15.0 Å². The standard InChI is InChI=1S/C76H50N3.Ir/c1-52-45-76(79-51-73(52)55-25-9-4-10-26-55)59-40-42-70(72(50-59)54-23-7-3-8-24-54)68-32-16-14-30-66(68)62-47-60(64-28-12-11-27-63(64)56-35-37-57(38-36-56)74-33-17-19-43-77-74)46-61(48-62)65-29-13-15-31-67(65)69-41-39-58(75-34-18-20-44-78-75)49-71(69)53-21-5-2-6-22-53;/h2-37,41-51H,1H3;/q-3;+3. The number of nitrogens with zero attached hydrogens (tertiary/aromatic N) is 3. The number of pyridine rings is 3. The van der Waals surface area contributed by atoms with E-state index in [-0.39, 0.29) is 20.1 Å². The molecule has 0 saturated carbocycles. The molecule has 0 N–H and O–H groups in total. The van der Waals surface area contributed by atoms with Gasteiger partial charge in [-0.05, 0) is 110 Å². The van der Waals surface area contributed by atoms with Crippen LogP contribution in [0.1, 0.15) is 5.56 Å². The fraction of sp³-hybridized carbons (Fsp3) is 0.0132. The first kappa shape index (κ1) is 51.1. The van der Waals surface area contributed by atoms with Crippen molar-refractivity contribution >= 4 is 0 Å². The molecule has 10 aromatic carbocycles.